The number of carbonyl (C=O) groups is 2. The van der Waals surface area contributed by atoms with Gasteiger partial charge in [0.1, 0.15) is 6.10 Å². The van der Waals surface area contributed by atoms with Crippen LogP contribution in [0, 0.1) is 0 Å². The highest BCUT2D eigenvalue weighted by molar-refractivity contribution is 5.91. The zero-order chi connectivity index (χ0) is 19.5. The number of rotatable bonds is 3. The van der Waals surface area contributed by atoms with Crippen molar-refractivity contribution < 1.29 is 32.2 Å². The Morgan fingerprint density at radius 2 is 1.85 bits per heavy atom. The molecule has 2 fully saturated rings. The van der Waals surface area contributed by atoms with Crippen molar-refractivity contribution in [2.24, 2.45) is 0 Å². The minimum absolute atomic E-state index is 0.218. The molecule has 2 aliphatic heterocycles. The Hall–Kier alpha value is -2.13. The molecule has 0 bridgehead atoms. The van der Waals surface area contributed by atoms with Gasteiger partial charge >= 0.3 is 6.18 Å². The molecule has 0 unspecified atom stereocenters. The number of ether oxygens (including phenoxy) is 2. The molecule has 1 aromatic carbocycles. The van der Waals surface area contributed by atoms with Gasteiger partial charge < -0.3 is 9.47 Å². The largest absolute Gasteiger partial charge is 0.416 e. The van der Waals surface area contributed by atoms with E-state index < -0.39 is 35.1 Å². The van der Waals surface area contributed by atoms with Crippen molar-refractivity contribution in [2.75, 3.05) is 19.8 Å². The third-order valence-corrected chi connectivity index (χ3v) is 5.04. The van der Waals surface area contributed by atoms with Crippen LogP contribution < -0.4 is 10.9 Å². The van der Waals surface area contributed by atoms with Crippen LogP contribution in [0.3, 0.4) is 0 Å². The molecular formula is C18H21F3N2O4. The highest BCUT2D eigenvalue weighted by Gasteiger charge is 2.43. The van der Waals surface area contributed by atoms with Crippen LogP contribution in [0.5, 0.6) is 0 Å². The van der Waals surface area contributed by atoms with E-state index in [-0.39, 0.29) is 31.6 Å². The van der Waals surface area contributed by atoms with Gasteiger partial charge in [0, 0.05) is 19.8 Å². The van der Waals surface area contributed by atoms with Gasteiger partial charge in [-0.25, -0.2) is 0 Å². The fourth-order valence-corrected chi connectivity index (χ4v) is 3.46. The summed E-state index contributed by atoms with van der Waals surface area (Å²) in [5.74, 6) is -1.02. The Morgan fingerprint density at radius 1 is 1.11 bits per heavy atom. The van der Waals surface area contributed by atoms with Gasteiger partial charge in [-0.2, -0.15) is 13.2 Å². The van der Waals surface area contributed by atoms with Crippen molar-refractivity contribution in [3.63, 3.8) is 0 Å². The number of nitrogens with one attached hydrogen (secondary N) is 2. The number of alkyl halides is 3. The van der Waals surface area contributed by atoms with Gasteiger partial charge in [0.25, 0.3) is 5.91 Å². The van der Waals surface area contributed by atoms with E-state index in [2.05, 4.69) is 10.9 Å². The molecule has 0 aliphatic carbocycles. The molecule has 2 amide bonds. The van der Waals surface area contributed by atoms with Crippen molar-refractivity contribution in [1.82, 2.24) is 10.9 Å². The van der Waals surface area contributed by atoms with E-state index in [0.29, 0.717) is 13.0 Å². The molecule has 2 heterocycles. The van der Waals surface area contributed by atoms with E-state index in [4.69, 9.17) is 9.47 Å². The average Bonchev–Trinajstić information content (AvgIpc) is 3.20. The lowest BCUT2D eigenvalue weighted by Gasteiger charge is -2.36. The van der Waals surface area contributed by atoms with E-state index in [1.54, 1.807) is 0 Å². The molecule has 1 aromatic rings. The summed E-state index contributed by atoms with van der Waals surface area (Å²) in [6.07, 6.45) is -3.37. The second-order valence-electron chi connectivity index (χ2n) is 6.72. The first-order valence-electron chi connectivity index (χ1n) is 8.80. The number of halogens is 3. The molecule has 2 N–H and O–H groups in total. The summed E-state index contributed by atoms with van der Waals surface area (Å²) in [5.41, 5.74) is 2.94. The lowest BCUT2D eigenvalue weighted by atomic mass is 9.73. The summed E-state index contributed by atoms with van der Waals surface area (Å²) in [7, 11) is 0. The molecule has 0 spiro atoms. The first kappa shape index (κ1) is 19.6. The van der Waals surface area contributed by atoms with Crippen LogP contribution >= 0.6 is 0 Å². The number of hydrogen-bond donors (Lipinski definition) is 2. The van der Waals surface area contributed by atoms with Crippen LogP contribution in [0.2, 0.25) is 0 Å². The monoisotopic (exact) mass is 386 g/mol. The van der Waals surface area contributed by atoms with E-state index in [1.165, 1.54) is 12.1 Å². The van der Waals surface area contributed by atoms with E-state index >= 15 is 0 Å². The Morgan fingerprint density at radius 3 is 2.48 bits per heavy atom. The Balaban J connectivity index is 1.80. The lowest BCUT2D eigenvalue weighted by Crippen LogP contribution is -2.55. The van der Waals surface area contributed by atoms with Crippen molar-refractivity contribution in [1.29, 1.82) is 0 Å². The number of benzene rings is 1. The average molecular weight is 386 g/mol. The summed E-state index contributed by atoms with van der Waals surface area (Å²) in [5, 5.41) is 0. The topological polar surface area (TPSA) is 76.7 Å². The quantitative estimate of drug-likeness (QED) is 0.780. The predicted octanol–water partition coefficient (Wildman–Crippen LogP) is 2.08. The fraction of sp³-hybridized carbons (Fsp3) is 0.556. The van der Waals surface area contributed by atoms with Crippen LogP contribution in [-0.4, -0.2) is 37.7 Å². The van der Waals surface area contributed by atoms with Gasteiger partial charge in [-0.15, -0.1) is 0 Å². The summed E-state index contributed by atoms with van der Waals surface area (Å²) >= 11 is 0. The van der Waals surface area contributed by atoms with E-state index in [1.807, 2.05) is 0 Å². The lowest BCUT2D eigenvalue weighted by molar-refractivity contribution is -0.139. The summed E-state index contributed by atoms with van der Waals surface area (Å²) in [6.45, 7) is 0.963. The highest BCUT2D eigenvalue weighted by atomic mass is 19.4. The van der Waals surface area contributed by atoms with Gasteiger partial charge in [0.2, 0.25) is 5.91 Å². The second-order valence-corrected chi connectivity index (χ2v) is 6.72. The number of amides is 2. The summed E-state index contributed by atoms with van der Waals surface area (Å²) in [6, 6.07) is 4.75. The minimum Gasteiger partial charge on any atom is -0.381 e. The molecule has 9 heteroatoms. The number of hydrazine groups is 1. The SMILES string of the molecule is O=C(NNC(=O)C1(c2cccc(C(F)(F)F)c2)CCOCC1)[C@@H]1CCCO1. The third-order valence-electron chi connectivity index (χ3n) is 5.04. The molecule has 1 atom stereocenters. The van der Waals surface area contributed by atoms with Crippen molar-refractivity contribution in [3.05, 3.63) is 35.4 Å². The van der Waals surface area contributed by atoms with E-state index in [0.717, 1.165) is 18.6 Å². The minimum atomic E-state index is -4.51. The maximum atomic E-state index is 13.1. The highest BCUT2D eigenvalue weighted by Crippen LogP contribution is 2.38. The normalized spacial score (nSPS) is 22.3. The molecule has 0 radical (unpaired) electrons. The second kappa shape index (κ2) is 7.85. The van der Waals surface area contributed by atoms with Gasteiger partial charge in [0.05, 0.1) is 11.0 Å². The molecule has 3 rings (SSSR count). The maximum Gasteiger partial charge on any atom is 0.416 e. The molecular weight excluding hydrogens is 365 g/mol. The molecule has 2 saturated heterocycles. The van der Waals surface area contributed by atoms with Gasteiger partial charge in [-0.1, -0.05) is 18.2 Å². The van der Waals surface area contributed by atoms with E-state index in [9.17, 15) is 22.8 Å². The third kappa shape index (κ3) is 4.24. The smallest absolute Gasteiger partial charge is 0.381 e. The van der Waals surface area contributed by atoms with Crippen molar-refractivity contribution >= 4 is 11.8 Å². The van der Waals surface area contributed by atoms with Crippen LogP contribution in [0.4, 0.5) is 13.2 Å². The summed E-state index contributed by atoms with van der Waals surface area (Å²) in [4.78, 5) is 24.9. The van der Waals surface area contributed by atoms with Crippen molar-refractivity contribution in [2.45, 2.75) is 43.4 Å². The predicted molar refractivity (Wildman–Crippen MR) is 88.4 cm³/mol. The molecule has 6 nitrogen and oxygen atoms in total. The molecule has 0 aromatic heterocycles. The Bertz CT molecular complexity index is 696. The molecule has 148 valence electrons. The molecule has 27 heavy (non-hydrogen) atoms. The van der Waals surface area contributed by atoms with Crippen LogP contribution in [0.25, 0.3) is 0 Å². The maximum absolute atomic E-state index is 13.1. The molecule has 0 saturated carbocycles. The zero-order valence-corrected chi connectivity index (χ0v) is 14.6. The van der Waals surface area contributed by atoms with Gasteiger partial charge in [-0.05, 0) is 37.3 Å². The van der Waals surface area contributed by atoms with Crippen LogP contribution in [0.15, 0.2) is 24.3 Å². The first-order chi connectivity index (χ1) is 12.8. The zero-order valence-electron chi connectivity index (χ0n) is 14.6. The Kier molecular flexibility index (Phi) is 5.71. The van der Waals surface area contributed by atoms with Gasteiger partial charge in [0.15, 0.2) is 0 Å². The van der Waals surface area contributed by atoms with Gasteiger partial charge in [-0.3, -0.25) is 20.4 Å². The van der Waals surface area contributed by atoms with Crippen LogP contribution in [0.1, 0.15) is 36.8 Å². The Labute approximate surface area is 154 Å². The summed E-state index contributed by atoms with van der Waals surface area (Å²) < 4.78 is 49.8. The van der Waals surface area contributed by atoms with Crippen LogP contribution in [-0.2, 0) is 30.7 Å². The molecule has 2 aliphatic rings. The number of hydrogen-bond acceptors (Lipinski definition) is 4. The van der Waals surface area contributed by atoms with Crippen molar-refractivity contribution in [3.8, 4) is 0 Å². The first-order valence-corrected chi connectivity index (χ1v) is 8.80. The number of carbonyl (C=O) groups excluding carboxylic acids is 2. The standard InChI is InChI=1S/C18H21F3N2O4/c19-18(20,21)13-4-1-3-12(11-13)17(6-9-26-10-7-17)16(25)23-22-15(24)14-5-2-8-27-14/h1,3-4,11,14H,2,5-10H2,(H,22,24)(H,23,25)/t14-/m0/s1. The fourth-order valence-electron chi connectivity index (χ4n) is 3.46.